The molecule has 2 rings (SSSR count). The van der Waals surface area contributed by atoms with E-state index in [1.165, 1.54) is 22.0 Å². The topological polar surface area (TPSA) is 32.3 Å². The summed E-state index contributed by atoms with van der Waals surface area (Å²) in [6.45, 7) is 11.4. The van der Waals surface area contributed by atoms with Gasteiger partial charge in [0.25, 0.3) is 0 Å². The number of benzene rings is 2. The van der Waals surface area contributed by atoms with Crippen LogP contribution in [-0.4, -0.2) is 11.1 Å². The Hall–Kier alpha value is -1.37. The zero-order valence-corrected chi connectivity index (χ0v) is 15.1. The smallest absolute Gasteiger partial charge is 0.126 e. The van der Waals surface area contributed by atoms with E-state index in [4.69, 9.17) is 0 Å². The molecular formula is C19H26NOP. The number of rotatable bonds is 5. The van der Waals surface area contributed by atoms with Gasteiger partial charge >= 0.3 is 0 Å². The van der Waals surface area contributed by atoms with Gasteiger partial charge in [-0.1, -0.05) is 46.7 Å². The Morgan fingerprint density at radius 1 is 1.09 bits per heavy atom. The molecular weight excluding hydrogens is 289 g/mol. The Bertz CT molecular complexity index is 665. The summed E-state index contributed by atoms with van der Waals surface area (Å²) in [6.07, 6.45) is 0. The zero-order valence-electron chi connectivity index (χ0n) is 14.1. The summed E-state index contributed by atoms with van der Waals surface area (Å²) in [6, 6.07) is 11.1. The fraction of sp³-hybridized carbons (Fsp3) is 0.368. The van der Waals surface area contributed by atoms with Crippen molar-refractivity contribution in [2.24, 2.45) is 0 Å². The van der Waals surface area contributed by atoms with Gasteiger partial charge in [-0.05, 0) is 54.4 Å². The van der Waals surface area contributed by atoms with Crippen LogP contribution in [0.5, 0.6) is 5.75 Å². The minimum atomic E-state index is 0.440. The number of aromatic hydroxyl groups is 1. The molecule has 0 fully saturated rings. The van der Waals surface area contributed by atoms with Crippen molar-refractivity contribution in [3.05, 3.63) is 52.6 Å². The lowest BCUT2D eigenvalue weighted by Crippen LogP contribution is -2.25. The van der Waals surface area contributed by atoms with Gasteiger partial charge in [-0.2, -0.15) is 0 Å². The lowest BCUT2D eigenvalue weighted by molar-refractivity contribution is 0.475. The molecule has 0 aliphatic heterocycles. The third-order valence-corrected chi connectivity index (χ3v) is 5.38. The van der Waals surface area contributed by atoms with Crippen molar-refractivity contribution in [2.45, 2.75) is 47.2 Å². The number of nitrogens with one attached hydrogen (secondary N) is 1. The van der Waals surface area contributed by atoms with E-state index >= 15 is 0 Å². The van der Waals surface area contributed by atoms with Gasteiger partial charge < -0.3 is 10.4 Å². The summed E-state index contributed by atoms with van der Waals surface area (Å²) in [5, 5.41) is 16.3. The largest absolute Gasteiger partial charge is 0.507 e. The number of hydrogen-bond donors (Lipinski definition) is 2. The molecule has 0 heterocycles. The average molecular weight is 315 g/mol. The monoisotopic (exact) mass is 315 g/mol. The van der Waals surface area contributed by atoms with Crippen molar-refractivity contribution in [3.63, 3.8) is 0 Å². The van der Waals surface area contributed by atoms with Crippen LogP contribution in [0.1, 0.15) is 36.1 Å². The standard InChI is InChI=1S/C19H26NOP/c1-12(2)20-11-16-8-6-7-14(4)19(16)22-17-10-13(3)9-15(5)18(17)21/h6-10,12,20-22H,11H2,1-5H3. The molecule has 2 nitrogen and oxygen atoms in total. The predicted molar refractivity (Wildman–Crippen MR) is 98.3 cm³/mol. The molecule has 0 aliphatic carbocycles. The van der Waals surface area contributed by atoms with Crippen molar-refractivity contribution < 1.29 is 5.11 Å². The second-order valence-corrected chi connectivity index (χ2v) is 7.54. The Labute approximate surface area is 135 Å². The maximum Gasteiger partial charge on any atom is 0.126 e. The molecule has 0 spiro atoms. The highest BCUT2D eigenvalue weighted by atomic mass is 31.1. The first-order valence-corrected chi connectivity index (χ1v) is 8.77. The predicted octanol–water partition coefficient (Wildman–Crippen LogP) is 3.44. The van der Waals surface area contributed by atoms with E-state index in [0.29, 0.717) is 20.4 Å². The van der Waals surface area contributed by atoms with Crippen LogP contribution in [0.15, 0.2) is 30.3 Å². The summed E-state index contributed by atoms with van der Waals surface area (Å²) in [5.74, 6) is 0.440. The van der Waals surface area contributed by atoms with Crippen molar-refractivity contribution in [1.29, 1.82) is 0 Å². The number of hydrogen-bond acceptors (Lipinski definition) is 2. The first-order chi connectivity index (χ1) is 10.4. The molecule has 118 valence electrons. The summed E-state index contributed by atoms with van der Waals surface area (Å²) < 4.78 is 0. The fourth-order valence-corrected chi connectivity index (χ4v) is 4.06. The second-order valence-electron chi connectivity index (χ2n) is 6.25. The van der Waals surface area contributed by atoms with E-state index in [2.05, 4.69) is 57.3 Å². The first kappa shape index (κ1) is 17.0. The van der Waals surface area contributed by atoms with Crippen LogP contribution in [0.4, 0.5) is 0 Å². The van der Waals surface area contributed by atoms with Crippen molar-refractivity contribution in [3.8, 4) is 5.75 Å². The van der Waals surface area contributed by atoms with Gasteiger partial charge in [-0.3, -0.25) is 0 Å². The van der Waals surface area contributed by atoms with E-state index in [0.717, 1.165) is 17.4 Å². The first-order valence-electron chi connectivity index (χ1n) is 7.77. The molecule has 0 saturated heterocycles. The molecule has 1 atom stereocenters. The van der Waals surface area contributed by atoms with Crippen LogP contribution >= 0.6 is 8.58 Å². The Balaban J connectivity index is 2.37. The van der Waals surface area contributed by atoms with Gasteiger partial charge in [0.2, 0.25) is 0 Å². The molecule has 0 bridgehead atoms. The third kappa shape index (κ3) is 4.09. The molecule has 2 N–H and O–H groups in total. The molecule has 0 aliphatic rings. The molecule has 0 aromatic heterocycles. The molecule has 0 amide bonds. The van der Waals surface area contributed by atoms with Gasteiger partial charge in [0.05, 0.1) is 0 Å². The number of aryl methyl sites for hydroxylation is 3. The van der Waals surface area contributed by atoms with Gasteiger partial charge in [-0.15, -0.1) is 0 Å². The second kappa shape index (κ2) is 7.26. The lowest BCUT2D eigenvalue weighted by Gasteiger charge is -2.16. The highest BCUT2D eigenvalue weighted by Gasteiger charge is 2.11. The molecule has 22 heavy (non-hydrogen) atoms. The molecule has 0 saturated carbocycles. The van der Waals surface area contributed by atoms with Crippen LogP contribution in [0, 0.1) is 20.8 Å². The Kier molecular flexibility index (Phi) is 5.61. The molecule has 0 radical (unpaired) electrons. The van der Waals surface area contributed by atoms with Gasteiger partial charge in [0.1, 0.15) is 5.75 Å². The lowest BCUT2D eigenvalue weighted by atomic mass is 10.1. The Morgan fingerprint density at radius 2 is 1.82 bits per heavy atom. The van der Waals surface area contributed by atoms with Crippen molar-refractivity contribution >= 4 is 19.2 Å². The summed E-state index contributed by atoms with van der Waals surface area (Å²) in [4.78, 5) is 0. The maximum absolute atomic E-state index is 10.4. The van der Waals surface area contributed by atoms with Crippen LogP contribution in [0.25, 0.3) is 0 Å². The maximum atomic E-state index is 10.4. The van der Waals surface area contributed by atoms with Gasteiger partial charge in [0.15, 0.2) is 0 Å². The average Bonchev–Trinajstić information content (AvgIpc) is 2.44. The van der Waals surface area contributed by atoms with Gasteiger partial charge in [-0.25, -0.2) is 0 Å². The number of phenolic OH excluding ortho intramolecular Hbond substituents is 1. The normalized spacial score (nSPS) is 11.7. The highest BCUT2D eigenvalue weighted by Crippen LogP contribution is 2.25. The quantitative estimate of drug-likeness (QED) is 0.828. The van der Waals surface area contributed by atoms with Crippen molar-refractivity contribution in [1.82, 2.24) is 5.32 Å². The minimum Gasteiger partial charge on any atom is -0.507 e. The zero-order chi connectivity index (χ0) is 16.3. The minimum absolute atomic E-state index is 0.440. The van der Waals surface area contributed by atoms with E-state index < -0.39 is 0 Å². The number of phenols is 1. The highest BCUT2D eigenvalue weighted by molar-refractivity contribution is 7.56. The molecule has 2 aromatic carbocycles. The van der Waals surface area contributed by atoms with Crippen LogP contribution in [0.2, 0.25) is 0 Å². The van der Waals surface area contributed by atoms with E-state index in [9.17, 15) is 5.11 Å². The summed E-state index contributed by atoms with van der Waals surface area (Å²) >= 11 is 0. The van der Waals surface area contributed by atoms with E-state index in [-0.39, 0.29) is 0 Å². The van der Waals surface area contributed by atoms with E-state index in [1.54, 1.807) is 0 Å². The molecule has 1 unspecified atom stereocenters. The summed E-state index contributed by atoms with van der Waals surface area (Å²) in [7, 11) is 0.479. The van der Waals surface area contributed by atoms with E-state index in [1.807, 2.05) is 13.0 Å². The Morgan fingerprint density at radius 3 is 2.50 bits per heavy atom. The molecule has 3 heteroatoms. The van der Waals surface area contributed by atoms with Crippen LogP contribution in [0.3, 0.4) is 0 Å². The fourth-order valence-electron chi connectivity index (χ4n) is 2.56. The SMILES string of the molecule is Cc1cc(C)c(O)c(Pc2c(C)cccc2CNC(C)C)c1. The molecule has 2 aromatic rings. The third-order valence-electron chi connectivity index (χ3n) is 3.76. The van der Waals surface area contributed by atoms with Crippen molar-refractivity contribution in [2.75, 3.05) is 0 Å². The van der Waals surface area contributed by atoms with Gasteiger partial charge in [0, 0.05) is 17.9 Å². The summed E-state index contributed by atoms with van der Waals surface area (Å²) in [5.41, 5.74) is 4.77. The van der Waals surface area contributed by atoms with Crippen LogP contribution in [-0.2, 0) is 6.54 Å². The van der Waals surface area contributed by atoms with Crippen LogP contribution < -0.4 is 15.9 Å².